The van der Waals surface area contributed by atoms with Crippen LogP contribution in [0.15, 0.2) is 33.7 Å². The highest BCUT2D eigenvalue weighted by Crippen LogP contribution is 2.35. The van der Waals surface area contributed by atoms with Crippen molar-refractivity contribution in [2.24, 2.45) is 5.92 Å². The normalized spacial score (nSPS) is 17.4. The molecular formula is C22H26N4O4S2. The number of carbonyl (C=O) groups excluding carboxylic acids is 1. The summed E-state index contributed by atoms with van der Waals surface area (Å²) in [7, 11) is -3.75. The number of sulfonamides is 1. The topological polar surface area (TPSA) is 105 Å². The number of amides is 1. The van der Waals surface area contributed by atoms with E-state index in [4.69, 9.17) is 4.52 Å². The van der Waals surface area contributed by atoms with Gasteiger partial charge in [0.05, 0.1) is 15.7 Å². The molecule has 170 valence electrons. The van der Waals surface area contributed by atoms with Gasteiger partial charge in [-0.1, -0.05) is 17.3 Å². The largest absolute Gasteiger partial charge is 0.339 e. The molecule has 1 aliphatic heterocycles. The Hall–Kier alpha value is -2.56. The van der Waals surface area contributed by atoms with Crippen LogP contribution in [0.25, 0.3) is 10.7 Å². The van der Waals surface area contributed by atoms with E-state index in [2.05, 4.69) is 15.5 Å². The quantitative estimate of drug-likeness (QED) is 0.598. The van der Waals surface area contributed by atoms with Crippen molar-refractivity contribution >= 4 is 33.0 Å². The molecule has 10 heteroatoms. The zero-order valence-electron chi connectivity index (χ0n) is 18.5. The molecule has 3 heterocycles. The van der Waals surface area contributed by atoms with Crippen LogP contribution in [0.1, 0.15) is 34.7 Å². The number of aryl methyl sites for hydroxylation is 3. The maximum Gasteiger partial charge on any atom is 0.244 e. The molecule has 2 aromatic heterocycles. The van der Waals surface area contributed by atoms with Gasteiger partial charge in [0.2, 0.25) is 27.6 Å². The van der Waals surface area contributed by atoms with Crippen LogP contribution in [0, 0.1) is 33.6 Å². The molecule has 0 bridgehead atoms. The number of carbonyl (C=O) groups is 1. The van der Waals surface area contributed by atoms with Crippen molar-refractivity contribution in [2.45, 2.75) is 45.4 Å². The number of rotatable bonds is 5. The molecule has 1 saturated heterocycles. The van der Waals surface area contributed by atoms with E-state index in [1.807, 2.05) is 32.0 Å². The van der Waals surface area contributed by atoms with Gasteiger partial charge in [0.25, 0.3) is 0 Å². The van der Waals surface area contributed by atoms with Gasteiger partial charge < -0.3 is 9.84 Å². The number of hydrogen-bond donors (Lipinski definition) is 1. The maximum absolute atomic E-state index is 13.4. The minimum Gasteiger partial charge on any atom is -0.339 e. The van der Waals surface area contributed by atoms with E-state index in [9.17, 15) is 13.2 Å². The third kappa shape index (κ3) is 4.35. The standard InChI is InChI=1S/C22H26N4O4S2/c1-13-7-5-9-18(14(13)2)24-22(27)17-8-6-10-26(12-17)32(28,29)20-11-19(31-15(20)3)21-23-16(4)30-25-21/h5,7,9,11,17H,6,8,10,12H2,1-4H3,(H,24,27)/t17-/m1/s1. The first-order chi connectivity index (χ1) is 15.2. The van der Waals surface area contributed by atoms with Crippen LogP contribution in [-0.4, -0.2) is 41.9 Å². The lowest BCUT2D eigenvalue weighted by atomic mass is 9.98. The van der Waals surface area contributed by atoms with Gasteiger partial charge in [0, 0.05) is 30.6 Å². The molecule has 0 aliphatic carbocycles. The van der Waals surface area contributed by atoms with Crippen LogP contribution in [0.4, 0.5) is 5.69 Å². The Morgan fingerprint density at radius 3 is 2.75 bits per heavy atom. The van der Waals surface area contributed by atoms with Crippen molar-refractivity contribution < 1.29 is 17.7 Å². The molecule has 1 amide bonds. The van der Waals surface area contributed by atoms with Gasteiger partial charge >= 0.3 is 0 Å². The third-order valence-corrected chi connectivity index (χ3v) is 9.02. The fourth-order valence-corrected chi connectivity index (χ4v) is 6.88. The van der Waals surface area contributed by atoms with E-state index in [1.54, 1.807) is 19.9 Å². The lowest BCUT2D eigenvalue weighted by molar-refractivity contribution is -0.120. The van der Waals surface area contributed by atoms with Gasteiger partial charge in [-0.05, 0) is 56.9 Å². The second-order valence-electron chi connectivity index (χ2n) is 8.11. The van der Waals surface area contributed by atoms with Gasteiger partial charge in [0.1, 0.15) is 0 Å². The number of nitrogens with zero attached hydrogens (tertiary/aromatic N) is 3. The summed E-state index contributed by atoms with van der Waals surface area (Å²) in [4.78, 5) is 18.7. The van der Waals surface area contributed by atoms with Crippen LogP contribution in [-0.2, 0) is 14.8 Å². The van der Waals surface area contributed by atoms with Crippen LogP contribution < -0.4 is 5.32 Å². The highest BCUT2D eigenvalue weighted by molar-refractivity contribution is 7.89. The zero-order chi connectivity index (χ0) is 23.0. The van der Waals surface area contributed by atoms with Crippen molar-refractivity contribution in [3.05, 3.63) is 46.2 Å². The van der Waals surface area contributed by atoms with E-state index in [-0.39, 0.29) is 17.3 Å². The molecule has 0 unspecified atom stereocenters. The number of aromatic nitrogens is 2. The van der Waals surface area contributed by atoms with Crippen molar-refractivity contribution in [3.8, 4) is 10.7 Å². The summed E-state index contributed by atoms with van der Waals surface area (Å²) in [6, 6.07) is 7.36. The van der Waals surface area contributed by atoms with Gasteiger partial charge in [-0.25, -0.2) is 8.42 Å². The van der Waals surface area contributed by atoms with Crippen LogP contribution in [0.3, 0.4) is 0 Å². The Bertz CT molecular complexity index is 1260. The highest BCUT2D eigenvalue weighted by Gasteiger charge is 2.35. The van der Waals surface area contributed by atoms with E-state index in [0.29, 0.717) is 40.9 Å². The summed E-state index contributed by atoms with van der Waals surface area (Å²) in [5.74, 6) is 0.242. The average Bonchev–Trinajstić information content (AvgIpc) is 3.37. The van der Waals surface area contributed by atoms with Gasteiger partial charge in [-0.15, -0.1) is 11.3 Å². The lowest BCUT2D eigenvalue weighted by Gasteiger charge is -2.31. The SMILES string of the molecule is Cc1nc(-c2cc(S(=O)(=O)N3CCC[C@@H](C(=O)Nc4cccc(C)c4C)C3)c(C)s2)no1. The van der Waals surface area contributed by atoms with Crippen molar-refractivity contribution in [2.75, 3.05) is 18.4 Å². The second kappa shape index (κ2) is 8.76. The molecule has 0 spiro atoms. The zero-order valence-corrected chi connectivity index (χ0v) is 20.1. The van der Waals surface area contributed by atoms with Crippen molar-refractivity contribution in [3.63, 3.8) is 0 Å². The fourth-order valence-electron chi connectivity index (χ4n) is 3.87. The molecule has 1 aromatic carbocycles. The van der Waals surface area contributed by atoms with Crippen LogP contribution in [0.5, 0.6) is 0 Å². The lowest BCUT2D eigenvalue weighted by Crippen LogP contribution is -2.43. The van der Waals surface area contributed by atoms with Crippen molar-refractivity contribution in [1.82, 2.24) is 14.4 Å². The molecule has 3 aromatic rings. The average molecular weight is 475 g/mol. The van der Waals surface area contributed by atoms with Gasteiger partial charge in [0.15, 0.2) is 0 Å². The summed E-state index contributed by atoms with van der Waals surface area (Å²) in [5, 5.41) is 6.87. The predicted octanol–water partition coefficient (Wildman–Crippen LogP) is 4.07. The molecule has 8 nitrogen and oxygen atoms in total. The Morgan fingerprint density at radius 1 is 1.25 bits per heavy atom. The molecule has 1 aliphatic rings. The molecule has 1 fully saturated rings. The van der Waals surface area contributed by atoms with E-state index >= 15 is 0 Å². The number of benzene rings is 1. The molecule has 1 atom stereocenters. The third-order valence-electron chi connectivity index (χ3n) is 5.86. The van der Waals surface area contributed by atoms with E-state index in [1.165, 1.54) is 15.6 Å². The number of piperidine rings is 1. The fraction of sp³-hybridized carbons (Fsp3) is 0.409. The second-order valence-corrected chi connectivity index (χ2v) is 11.3. The van der Waals surface area contributed by atoms with Gasteiger partial charge in [-0.3, -0.25) is 4.79 Å². The van der Waals surface area contributed by atoms with Gasteiger partial charge in [-0.2, -0.15) is 9.29 Å². The molecular weight excluding hydrogens is 448 g/mol. The summed E-state index contributed by atoms with van der Waals surface area (Å²) in [5.41, 5.74) is 2.87. The number of anilines is 1. The first-order valence-corrected chi connectivity index (χ1v) is 12.7. The summed E-state index contributed by atoms with van der Waals surface area (Å²) in [6.45, 7) is 7.96. The molecule has 0 radical (unpaired) electrons. The van der Waals surface area contributed by atoms with Crippen LogP contribution >= 0.6 is 11.3 Å². The maximum atomic E-state index is 13.4. The van der Waals surface area contributed by atoms with E-state index < -0.39 is 15.9 Å². The highest BCUT2D eigenvalue weighted by atomic mass is 32.2. The predicted molar refractivity (Wildman–Crippen MR) is 123 cm³/mol. The van der Waals surface area contributed by atoms with Crippen molar-refractivity contribution in [1.29, 1.82) is 0 Å². The molecule has 0 saturated carbocycles. The molecule has 32 heavy (non-hydrogen) atoms. The monoisotopic (exact) mass is 474 g/mol. The first kappa shape index (κ1) is 22.6. The smallest absolute Gasteiger partial charge is 0.244 e. The number of thiophene rings is 1. The molecule has 1 N–H and O–H groups in total. The summed E-state index contributed by atoms with van der Waals surface area (Å²) in [6.07, 6.45) is 1.28. The Balaban J connectivity index is 1.53. The minimum absolute atomic E-state index is 0.149. The Kier molecular flexibility index (Phi) is 6.19. The summed E-state index contributed by atoms with van der Waals surface area (Å²) < 4.78 is 33.3. The number of hydrogen-bond acceptors (Lipinski definition) is 7. The Morgan fingerprint density at radius 2 is 2.03 bits per heavy atom. The Labute approximate surface area is 191 Å². The minimum atomic E-state index is -3.75. The number of nitrogens with one attached hydrogen (secondary N) is 1. The van der Waals surface area contributed by atoms with E-state index in [0.717, 1.165) is 16.8 Å². The first-order valence-electron chi connectivity index (χ1n) is 10.4. The van der Waals surface area contributed by atoms with Crippen LogP contribution in [0.2, 0.25) is 0 Å². The summed E-state index contributed by atoms with van der Waals surface area (Å²) >= 11 is 1.31. The molecule has 4 rings (SSSR count).